The first-order valence-electron chi connectivity index (χ1n) is 14.6. The Bertz CT molecular complexity index is 1590. The number of rotatable bonds is 7. The van der Waals surface area contributed by atoms with Gasteiger partial charge in [-0.3, -0.25) is 4.98 Å². The van der Waals surface area contributed by atoms with Gasteiger partial charge < -0.3 is 9.47 Å². The number of anilines is 3. The predicted molar refractivity (Wildman–Crippen MR) is 176 cm³/mol. The predicted octanol–water partition coefficient (Wildman–Crippen LogP) is 10.3. The summed E-state index contributed by atoms with van der Waals surface area (Å²) < 4.78 is 2.13. The Morgan fingerprint density at radius 1 is 0.571 bits per heavy atom. The second kappa shape index (κ2) is 13.6. The normalized spacial score (nSPS) is 10.8. The molecule has 0 N–H and O–H groups in total. The lowest BCUT2D eigenvalue weighted by Gasteiger charge is -2.25. The van der Waals surface area contributed by atoms with E-state index in [-0.39, 0.29) is 0 Å². The molecule has 0 unspecified atom stereocenters. The molecule has 0 atom stereocenters. The molecule has 0 fully saturated rings. The van der Waals surface area contributed by atoms with Gasteiger partial charge in [-0.1, -0.05) is 100 Å². The Morgan fingerprint density at radius 2 is 1.14 bits per heavy atom. The number of hydrogen-bond donors (Lipinski definition) is 0. The maximum atomic E-state index is 4.48. The summed E-state index contributed by atoms with van der Waals surface area (Å²) in [7, 11) is 0. The molecule has 0 saturated carbocycles. The minimum atomic E-state index is 0.520. The summed E-state index contributed by atoms with van der Waals surface area (Å²) in [5.41, 5.74) is 9.53. The molecule has 4 nitrogen and oxygen atoms in total. The topological polar surface area (TPSA) is 34.0 Å². The minimum absolute atomic E-state index is 0.520. The molecule has 6 aromatic rings. The molecular formula is C38H38N4. The van der Waals surface area contributed by atoms with Crippen LogP contribution in [0.3, 0.4) is 0 Å². The highest BCUT2D eigenvalue weighted by atomic mass is 15.1. The van der Waals surface area contributed by atoms with Crippen molar-refractivity contribution in [1.82, 2.24) is 14.5 Å². The molecule has 2 aromatic heterocycles. The third-order valence-corrected chi connectivity index (χ3v) is 7.20. The molecule has 0 radical (unpaired) electrons. The largest absolute Gasteiger partial charge is 0.310 e. The third kappa shape index (κ3) is 6.67. The van der Waals surface area contributed by atoms with E-state index >= 15 is 0 Å². The molecule has 0 aliphatic rings. The van der Waals surface area contributed by atoms with Crippen LogP contribution in [0.15, 0.2) is 146 Å². The summed E-state index contributed by atoms with van der Waals surface area (Å²) in [6.07, 6.45) is 7.57. The van der Waals surface area contributed by atoms with Gasteiger partial charge in [0.15, 0.2) is 0 Å². The van der Waals surface area contributed by atoms with Gasteiger partial charge in [-0.05, 0) is 71.5 Å². The van der Waals surface area contributed by atoms with E-state index in [1.54, 1.807) is 0 Å². The molecule has 4 aromatic carbocycles. The molecule has 4 heteroatoms. The summed E-state index contributed by atoms with van der Waals surface area (Å²) >= 11 is 0. The quantitative estimate of drug-likeness (QED) is 0.198. The van der Waals surface area contributed by atoms with Crippen LogP contribution in [0, 0.1) is 0 Å². The lowest BCUT2D eigenvalue weighted by atomic mass is 9.92. The van der Waals surface area contributed by atoms with E-state index < -0.39 is 0 Å². The van der Waals surface area contributed by atoms with Gasteiger partial charge in [0, 0.05) is 41.2 Å². The highest BCUT2D eigenvalue weighted by molar-refractivity contribution is 5.79. The van der Waals surface area contributed by atoms with Crippen LogP contribution in [-0.4, -0.2) is 14.5 Å². The summed E-state index contributed by atoms with van der Waals surface area (Å²) in [6.45, 7) is 8.94. The average Bonchev–Trinajstić information content (AvgIpc) is 3.58. The zero-order chi connectivity index (χ0) is 29.3. The van der Waals surface area contributed by atoms with Crippen molar-refractivity contribution in [2.24, 2.45) is 0 Å². The molecule has 0 saturated heterocycles. The standard InChI is InChI=1S/C23H18N2.C15H20N2/c1-3-11-20(12-4-1)25(21-13-5-2-6-14-21)22-15-9-10-19(18-22)23-16-7-8-17-24-23;1-11(2)13-6-5-7-14(12(3)4)15(13)17-9-8-16-10-17/h1-18H;5-12H,1-4H3. The fourth-order valence-electron chi connectivity index (χ4n) is 5.14. The highest BCUT2D eigenvalue weighted by Gasteiger charge is 2.15. The number of hydrogen-bond acceptors (Lipinski definition) is 3. The first kappa shape index (κ1) is 28.6. The Morgan fingerprint density at radius 3 is 1.67 bits per heavy atom. The van der Waals surface area contributed by atoms with Gasteiger partial charge in [0.2, 0.25) is 0 Å². The van der Waals surface area contributed by atoms with E-state index in [1.165, 1.54) is 16.8 Å². The molecule has 0 aliphatic carbocycles. The van der Waals surface area contributed by atoms with Crippen LogP contribution in [0.25, 0.3) is 16.9 Å². The van der Waals surface area contributed by atoms with Crippen molar-refractivity contribution in [3.63, 3.8) is 0 Å². The van der Waals surface area contributed by atoms with Crippen LogP contribution in [0.5, 0.6) is 0 Å². The van der Waals surface area contributed by atoms with E-state index in [0.29, 0.717) is 11.8 Å². The van der Waals surface area contributed by atoms with E-state index in [2.05, 4.69) is 138 Å². The Kier molecular flexibility index (Phi) is 9.25. The van der Waals surface area contributed by atoms with Gasteiger partial charge in [0.05, 0.1) is 17.7 Å². The zero-order valence-electron chi connectivity index (χ0n) is 24.8. The van der Waals surface area contributed by atoms with Gasteiger partial charge in [-0.15, -0.1) is 0 Å². The summed E-state index contributed by atoms with van der Waals surface area (Å²) in [6, 6.07) is 41.9. The monoisotopic (exact) mass is 550 g/mol. The van der Waals surface area contributed by atoms with Crippen molar-refractivity contribution in [3.05, 3.63) is 157 Å². The maximum Gasteiger partial charge on any atom is 0.0991 e. The molecule has 2 heterocycles. The van der Waals surface area contributed by atoms with Gasteiger partial charge in [-0.2, -0.15) is 0 Å². The van der Waals surface area contributed by atoms with E-state index in [9.17, 15) is 0 Å². The van der Waals surface area contributed by atoms with Crippen LogP contribution in [0.4, 0.5) is 17.1 Å². The van der Waals surface area contributed by atoms with Crippen LogP contribution < -0.4 is 4.90 Å². The van der Waals surface area contributed by atoms with E-state index in [0.717, 1.165) is 28.3 Å². The lowest BCUT2D eigenvalue weighted by Crippen LogP contribution is -2.09. The molecular weight excluding hydrogens is 512 g/mol. The average molecular weight is 551 g/mol. The third-order valence-electron chi connectivity index (χ3n) is 7.20. The molecule has 42 heavy (non-hydrogen) atoms. The smallest absolute Gasteiger partial charge is 0.0991 e. The number of imidazole rings is 1. The number of benzene rings is 4. The Labute approximate surface area is 250 Å². The minimum Gasteiger partial charge on any atom is -0.310 e. The number of pyridine rings is 1. The van der Waals surface area contributed by atoms with Gasteiger partial charge in [-0.25, -0.2) is 4.98 Å². The second-order valence-corrected chi connectivity index (χ2v) is 10.8. The maximum absolute atomic E-state index is 4.48. The molecule has 210 valence electrons. The summed E-state index contributed by atoms with van der Waals surface area (Å²) in [4.78, 5) is 10.9. The molecule has 0 amide bonds. The van der Waals surface area contributed by atoms with Gasteiger partial charge in [0.25, 0.3) is 0 Å². The summed E-state index contributed by atoms with van der Waals surface area (Å²) in [5, 5.41) is 0. The molecule has 0 aliphatic heterocycles. The van der Waals surface area contributed by atoms with Gasteiger partial charge >= 0.3 is 0 Å². The Hall–Kier alpha value is -4.96. The lowest BCUT2D eigenvalue weighted by molar-refractivity contribution is 0.805. The van der Waals surface area contributed by atoms with Crippen molar-refractivity contribution in [1.29, 1.82) is 0 Å². The first-order chi connectivity index (χ1) is 20.5. The fourth-order valence-corrected chi connectivity index (χ4v) is 5.14. The van der Waals surface area contributed by atoms with E-state index in [1.807, 2.05) is 55.2 Å². The van der Waals surface area contributed by atoms with Crippen molar-refractivity contribution in [3.8, 4) is 16.9 Å². The van der Waals surface area contributed by atoms with Crippen molar-refractivity contribution in [2.75, 3.05) is 4.90 Å². The van der Waals surface area contributed by atoms with Crippen molar-refractivity contribution in [2.45, 2.75) is 39.5 Å². The van der Waals surface area contributed by atoms with Crippen LogP contribution in [0.1, 0.15) is 50.7 Å². The SMILES string of the molecule is CC(C)c1cccc(C(C)C)c1-n1ccnc1.c1ccc(N(c2ccccc2)c2cccc(-c3ccccn3)c2)cc1. The van der Waals surface area contributed by atoms with Crippen molar-refractivity contribution >= 4 is 17.1 Å². The molecule has 0 spiro atoms. The van der Waals surface area contributed by atoms with Crippen LogP contribution in [-0.2, 0) is 0 Å². The zero-order valence-corrected chi connectivity index (χ0v) is 24.8. The number of aromatic nitrogens is 3. The van der Waals surface area contributed by atoms with Crippen LogP contribution >= 0.6 is 0 Å². The summed E-state index contributed by atoms with van der Waals surface area (Å²) in [5.74, 6) is 1.04. The highest BCUT2D eigenvalue weighted by Crippen LogP contribution is 2.36. The molecule has 0 bridgehead atoms. The number of nitrogens with zero attached hydrogens (tertiary/aromatic N) is 4. The Balaban J connectivity index is 0.000000181. The molecule has 6 rings (SSSR count). The van der Waals surface area contributed by atoms with Crippen LogP contribution in [0.2, 0.25) is 0 Å². The second-order valence-electron chi connectivity index (χ2n) is 10.8. The first-order valence-corrected chi connectivity index (χ1v) is 14.6. The van der Waals surface area contributed by atoms with Gasteiger partial charge in [0.1, 0.15) is 0 Å². The van der Waals surface area contributed by atoms with E-state index in [4.69, 9.17) is 0 Å². The fraction of sp³-hybridized carbons (Fsp3) is 0.158. The number of para-hydroxylation sites is 3. The van der Waals surface area contributed by atoms with Crippen molar-refractivity contribution < 1.29 is 0 Å².